The lowest BCUT2D eigenvalue weighted by Gasteiger charge is -2.38. The first-order valence-corrected chi connectivity index (χ1v) is 7.11. The number of hydrogen-bond donors (Lipinski definition) is 1. The minimum atomic E-state index is 0.267. The van der Waals surface area contributed by atoms with E-state index in [4.69, 9.17) is 4.74 Å². The molecule has 0 aromatic carbocycles. The Balaban J connectivity index is 1.96. The van der Waals surface area contributed by atoms with E-state index >= 15 is 0 Å². The number of aromatic nitrogens is 2. The molecule has 0 spiro atoms. The molecule has 0 radical (unpaired) electrons. The summed E-state index contributed by atoms with van der Waals surface area (Å²) < 4.78 is 6.00. The van der Waals surface area contributed by atoms with Gasteiger partial charge in [-0.25, -0.2) is 4.98 Å². The summed E-state index contributed by atoms with van der Waals surface area (Å²) in [6.07, 6.45) is 7.27. The van der Waals surface area contributed by atoms with E-state index in [1.54, 1.807) is 12.4 Å². The Morgan fingerprint density at radius 1 is 1.32 bits per heavy atom. The van der Waals surface area contributed by atoms with Crippen LogP contribution in [0.4, 0.5) is 0 Å². The molecule has 1 N–H and O–H groups in total. The number of nitrogens with one attached hydrogen (secondary N) is 1. The average molecular weight is 263 g/mol. The molecule has 0 aliphatic heterocycles. The van der Waals surface area contributed by atoms with Crippen LogP contribution in [0.15, 0.2) is 12.4 Å². The molecule has 1 fully saturated rings. The zero-order valence-corrected chi connectivity index (χ0v) is 12.4. The quantitative estimate of drug-likeness (QED) is 0.907. The van der Waals surface area contributed by atoms with Crippen LogP contribution >= 0.6 is 0 Å². The zero-order chi connectivity index (χ0) is 13.9. The predicted octanol–water partition coefficient (Wildman–Crippen LogP) is 2.79. The van der Waals surface area contributed by atoms with Crippen molar-refractivity contribution in [3.05, 3.63) is 18.1 Å². The molecule has 1 heterocycles. The summed E-state index contributed by atoms with van der Waals surface area (Å²) in [6.45, 7) is 7.68. The summed E-state index contributed by atoms with van der Waals surface area (Å²) in [5, 5.41) is 3.06. The molecular formula is C15H25N3O. The standard InChI is InChI=1S/C15H25N3O/c1-11-5-13(7-15(2,3)6-11)19-14-10-17-12(8-16-4)9-18-14/h9-11,13,16H,5-8H2,1-4H3. The fraction of sp³-hybridized carbons (Fsp3) is 0.733. The molecule has 106 valence electrons. The normalized spacial score (nSPS) is 26.1. The van der Waals surface area contributed by atoms with Crippen LogP contribution in [-0.4, -0.2) is 23.1 Å². The molecule has 0 bridgehead atoms. The van der Waals surface area contributed by atoms with E-state index < -0.39 is 0 Å². The minimum Gasteiger partial charge on any atom is -0.473 e. The van der Waals surface area contributed by atoms with Crippen molar-refractivity contribution in [3.63, 3.8) is 0 Å². The maximum atomic E-state index is 6.00. The van der Waals surface area contributed by atoms with Crippen molar-refractivity contribution in [1.82, 2.24) is 15.3 Å². The van der Waals surface area contributed by atoms with E-state index in [1.807, 2.05) is 7.05 Å². The van der Waals surface area contributed by atoms with E-state index in [2.05, 4.69) is 36.1 Å². The Labute approximate surface area is 116 Å². The Bertz CT molecular complexity index is 402. The third kappa shape index (κ3) is 4.16. The van der Waals surface area contributed by atoms with Crippen molar-refractivity contribution < 1.29 is 4.74 Å². The largest absolute Gasteiger partial charge is 0.473 e. The molecule has 2 rings (SSSR count). The zero-order valence-electron chi connectivity index (χ0n) is 12.4. The first-order valence-electron chi connectivity index (χ1n) is 7.11. The van der Waals surface area contributed by atoms with E-state index in [0.717, 1.165) is 25.1 Å². The van der Waals surface area contributed by atoms with E-state index in [1.165, 1.54) is 6.42 Å². The SMILES string of the molecule is CNCc1cnc(OC2CC(C)CC(C)(C)C2)cn1. The Hall–Kier alpha value is -1.16. The molecule has 1 saturated carbocycles. The first kappa shape index (κ1) is 14.3. The van der Waals surface area contributed by atoms with Crippen molar-refractivity contribution in [2.24, 2.45) is 11.3 Å². The van der Waals surface area contributed by atoms with Crippen LogP contribution in [0.3, 0.4) is 0 Å². The second kappa shape index (κ2) is 5.87. The van der Waals surface area contributed by atoms with Crippen LogP contribution in [0.5, 0.6) is 5.88 Å². The fourth-order valence-electron chi connectivity index (χ4n) is 3.20. The molecule has 1 aliphatic rings. The Morgan fingerprint density at radius 2 is 2.11 bits per heavy atom. The van der Waals surface area contributed by atoms with Crippen molar-refractivity contribution in [3.8, 4) is 5.88 Å². The summed E-state index contributed by atoms with van der Waals surface area (Å²) in [5.41, 5.74) is 1.30. The topological polar surface area (TPSA) is 47.0 Å². The van der Waals surface area contributed by atoms with Crippen LogP contribution in [0.25, 0.3) is 0 Å². The molecule has 2 atom stereocenters. The Kier molecular flexibility index (Phi) is 4.40. The van der Waals surface area contributed by atoms with Crippen molar-refractivity contribution in [2.75, 3.05) is 7.05 Å². The fourth-order valence-corrected chi connectivity index (χ4v) is 3.20. The van der Waals surface area contributed by atoms with Crippen LogP contribution in [0.2, 0.25) is 0 Å². The van der Waals surface area contributed by atoms with E-state index in [0.29, 0.717) is 17.2 Å². The van der Waals surface area contributed by atoms with Gasteiger partial charge in [-0.15, -0.1) is 0 Å². The van der Waals surface area contributed by atoms with Gasteiger partial charge in [0.1, 0.15) is 6.10 Å². The smallest absolute Gasteiger partial charge is 0.232 e. The van der Waals surface area contributed by atoms with Crippen LogP contribution < -0.4 is 10.1 Å². The van der Waals surface area contributed by atoms with Crippen LogP contribution in [0.1, 0.15) is 45.7 Å². The van der Waals surface area contributed by atoms with Gasteiger partial charge >= 0.3 is 0 Å². The van der Waals surface area contributed by atoms with Gasteiger partial charge < -0.3 is 10.1 Å². The van der Waals surface area contributed by atoms with Gasteiger partial charge in [0.2, 0.25) is 5.88 Å². The highest BCUT2D eigenvalue weighted by Gasteiger charge is 2.33. The lowest BCUT2D eigenvalue weighted by Crippen LogP contribution is -2.34. The van der Waals surface area contributed by atoms with Gasteiger partial charge in [-0.1, -0.05) is 20.8 Å². The summed E-state index contributed by atoms with van der Waals surface area (Å²) in [4.78, 5) is 8.68. The van der Waals surface area contributed by atoms with Crippen molar-refractivity contribution >= 4 is 0 Å². The minimum absolute atomic E-state index is 0.267. The molecule has 19 heavy (non-hydrogen) atoms. The predicted molar refractivity (Wildman–Crippen MR) is 76.0 cm³/mol. The molecule has 2 unspecified atom stereocenters. The van der Waals surface area contributed by atoms with Crippen LogP contribution in [-0.2, 0) is 6.54 Å². The highest BCUT2D eigenvalue weighted by atomic mass is 16.5. The van der Waals surface area contributed by atoms with Crippen LogP contribution in [0, 0.1) is 11.3 Å². The number of ether oxygens (including phenoxy) is 1. The molecule has 1 aromatic heterocycles. The highest BCUT2D eigenvalue weighted by Crippen LogP contribution is 2.39. The van der Waals surface area contributed by atoms with Gasteiger partial charge in [-0.2, -0.15) is 0 Å². The summed E-state index contributed by atoms with van der Waals surface area (Å²) >= 11 is 0. The van der Waals surface area contributed by atoms with E-state index in [-0.39, 0.29) is 6.10 Å². The molecule has 4 nitrogen and oxygen atoms in total. The monoisotopic (exact) mass is 263 g/mol. The summed E-state index contributed by atoms with van der Waals surface area (Å²) in [7, 11) is 1.90. The second-order valence-electron chi connectivity index (χ2n) is 6.53. The molecule has 4 heteroatoms. The second-order valence-corrected chi connectivity index (χ2v) is 6.53. The maximum Gasteiger partial charge on any atom is 0.232 e. The molecule has 1 aliphatic carbocycles. The van der Waals surface area contributed by atoms with Crippen molar-refractivity contribution in [1.29, 1.82) is 0 Å². The lowest BCUT2D eigenvalue weighted by molar-refractivity contribution is 0.0529. The van der Waals surface area contributed by atoms with Gasteiger partial charge in [0.05, 0.1) is 18.1 Å². The summed E-state index contributed by atoms with van der Waals surface area (Å²) in [6, 6.07) is 0. The molecule has 1 aromatic rings. The lowest BCUT2D eigenvalue weighted by atomic mass is 9.71. The average Bonchev–Trinajstić information content (AvgIpc) is 2.29. The van der Waals surface area contributed by atoms with Gasteiger partial charge in [0, 0.05) is 6.54 Å². The highest BCUT2D eigenvalue weighted by molar-refractivity contribution is 5.08. The van der Waals surface area contributed by atoms with Crippen molar-refractivity contribution in [2.45, 2.75) is 52.7 Å². The Morgan fingerprint density at radius 3 is 2.68 bits per heavy atom. The first-order chi connectivity index (χ1) is 8.98. The molecule has 0 saturated heterocycles. The third-order valence-electron chi connectivity index (χ3n) is 3.67. The number of nitrogens with zero attached hydrogens (tertiary/aromatic N) is 2. The van der Waals surface area contributed by atoms with E-state index in [9.17, 15) is 0 Å². The maximum absolute atomic E-state index is 6.00. The van der Waals surface area contributed by atoms with Gasteiger partial charge in [0.15, 0.2) is 0 Å². The molecule has 0 amide bonds. The van der Waals surface area contributed by atoms with Gasteiger partial charge in [-0.3, -0.25) is 4.98 Å². The number of rotatable bonds is 4. The molecular weight excluding hydrogens is 238 g/mol. The van der Waals surface area contributed by atoms with Gasteiger partial charge in [0.25, 0.3) is 0 Å². The van der Waals surface area contributed by atoms with Gasteiger partial charge in [-0.05, 0) is 37.6 Å². The number of hydrogen-bond acceptors (Lipinski definition) is 4. The third-order valence-corrected chi connectivity index (χ3v) is 3.67. The summed E-state index contributed by atoms with van der Waals surface area (Å²) in [5.74, 6) is 1.36.